The molecule has 1 aromatic rings. The van der Waals surface area contributed by atoms with E-state index < -0.39 is 0 Å². The second-order valence-electron chi connectivity index (χ2n) is 4.52. The Morgan fingerprint density at radius 3 is 2.89 bits per heavy atom. The molecule has 6 nitrogen and oxygen atoms in total. The Hall–Kier alpha value is -1.43. The van der Waals surface area contributed by atoms with Crippen LogP contribution >= 0.6 is 0 Å². The van der Waals surface area contributed by atoms with Crippen LogP contribution < -0.4 is 5.32 Å². The van der Waals surface area contributed by atoms with E-state index in [1.165, 1.54) is 12.8 Å². The average molecular weight is 253 g/mol. The van der Waals surface area contributed by atoms with Crippen LogP contribution in [0.5, 0.6) is 0 Å². The van der Waals surface area contributed by atoms with Gasteiger partial charge in [-0.2, -0.15) is 0 Å². The van der Waals surface area contributed by atoms with E-state index in [2.05, 4.69) is 15.5 Å². The second kappa shape index (κ2) is 6.49. The van der Waals surface area contributed by atoms with Gasteiger partial charge >= 0.3 is 0 Å². The Bertz CT molecular complexity index is 386. The third kappa shape index (κ3) is 4.10. The van der Waals surface area contributed by atoms with Gasteiger partial charge in [0.15, 0.2) is 0 Å². The molecule has 1 N–H and O–H groups in total. The van der Waals surface area contributed by atoms with Crippen LogP contribution in [-0.4, -0.2) is 35.4 Å². The van der Waals surface area contributed by atoms with E-state index >= 15 is 0 Å². The van der Waals surface area contributed by atoms with Gasteiger partial charge in [-0.1, -0.05) is 12.8 Å². The summed E-state index contributed by atoms with van der Waals surface area (Å²) < 4.78 is 10.8. The lowest BCUT2D eigenvalue weighted by Crippen LogP contribution is -2.29. The number of carbonyl (C=O) groups excluding carboxylic acids is 1. The largest absolute Gasteiger partial charge is 0.425 e. The van der Waals surface area contributed by atoms with Gasteiger partial charge in [0.05, 0.1) is 12.7 Å². The standard InChI is InChI=1S/C12H19N3O3/c1-9-14-15-12(18-9)8-11(16)13-6-7-17-10-4-2-3-5-10/h10H,2-8H2,1H3,(H,13,16). The maximum Gasteiger partial charge on any atom is 0.229 e. The smallest absolute Gasteiger partial charge is 0.229 e. The predicted molar refractivity (Wildman–Crippen MR) is 64.0 cm³/mol. The maximum atomic E-state index is 11.5. The number of nitrogens with zero attached hydrogens (tertiary/aromatic N) is 2. The van der Waals surface area contributed by atoms with Gasteiger partial charge in [-0.3, -0.25) is 4.79 Å². The van der Waals surface area contributed by atoms with Gasteiger partial charge in [0, 0.05) is 13.5 Å². The van der Waals surface area contributed by atoms with Crippen molar-refractivity contribution in [1.29, 1.82) is 0 Å². The lowest BCUT2D eigenvalue weighted by Gasteiger charge is -2.11. The topological polar surface area (TPSA) is 77.2 Å². The van der Waals surface area contributed by atoms with Crippen molar-refractivity contribution in [3.8, 4) is 0 Å². The molecule has 1 aromatic heterocycles. The monoisotopic (exact) mass is 253 g/mol. The first-order valence-electron chi connectivity index (χ1n) is 6.41. The third-order valence-electron chi connectivity index (χ3n) is 2.96. The highest BCUT2D eigenvalue weighted by Crippen LogP contribution is 2.20. The fourth-order valence-electron chi connectivity index (χ4n) is 2.08. The van der Waals surface area contributed by atoms with Gasteiger partial charge < -0.3 is 14.5 Å². The first-order chi connectivity index (χ1) is 8.74. The van der Waals surface area contributed by atoms with Gasteiger partial charge in [0.2, 0.25) is 17.7 Å². The second-order valence-corrected chi connectivity index (χ2v) is 4.52. The summed E-state index contributed by atoms with van der Waals surface area (Å²) in [5.74, 6) is 0.706. The van der Waals surface area contributed by atoms with Crippen molar-refractivity contribution in [2.45, 2.75) is 45.1 Å². The van der Waals surface area contributed by atoms with Crippen molar-refractivity contribution >= 4 is 5.91 Å². The molecule has 1 aliphatic carbocycles. The fraction of sp³-hybridized carbons (Fsp3) is 0.750. The van der Waals surface area contributed by atoms with Crippen LogP contribution in [0.2, 0.25) is 0 Å². The van der Waals surface area contributed by atoms with E-state index in [0.717, 1.165) is 12.8 Å². The maximum absolute atomic E-state index is 11.5. The predicted octanol–water partition coefficient (Wildman–Crippen LogP) is 0.996. The summed E-state index contributed by atoms with van der Waals surface area (Å²) in [6, 6.07) is 0. The third-order valence-corrected chi connectivity index (χ3v) is 2.96. The normalized spacial score (nSPS) is 16.1. The van der Waals surface area contributed by atoms with Gasteiger partial charge in [-0.05, 0) is 12.8 Å². The van der Waals surface area contributed by atoms with Gasteiger partial charge in [-0.25, -0.2) is 0 Å². The Kier molecular flexibility index (Phi) is 4.69. The zero-order valence-electron chi connectivity index (χ0n) is 10.6. The highest BCUT2D eigenvalue weighted by atomic mass is 16.5. The lowest BCUT2D eigenvalue weighted by atomic mass is 10.3. The summed E-state index contributed by atoms with van der Waals surface area (Å²) in [4.78, 5) is 11.5. The van der Waals surface area contributed by atoms with Crippen molar-refractivity contribution in [1.82, 2.24) is 15.5 Å². The molecule has 0 bridgehead atoms. The number of hydrogen-bond donors (Lipinski definition) is 1. The number of nitrogens with one attached hydrogen (secondary N) is 1. The Labute approximate surface area is 106 Å². The van der Waals surface area contributed by atoms with Crippen LogP contribution in [0.1, 0.15) is 37.5 Å². The van der Waals surface area contributed by atoms with Crippen molar-refractivity contribution in [3.63, 3.8) is 0 Å². The van der Waals surface area contributed by atoms with Crippen molar-refractivity contribution in [2.24, 2.45) is 0 Å². The van der Waals surface area contributed by atoms with Crippen LogP contribution in [0.15, 0.2) is 4.42 Å². The van der Waals surface area contributed by atoms with Crippen molar-refractivity contribution in [2.75, 3.05) is 13.2 Å². The van der Waals surface area contributed by atoms with E-state index in [4.69, 9.17) is 9.15 Å². The van der Waals surface area contributed by atoms with Crippen molar-refractivity contribution in [3.05, 3.63) is 11.8 Å². The molecule has 1 fully saturated rings. The molecule has 0 unspecified atom stereocenters. The SMILES string of the molecule is Cc1nnc(CC(=O)NCCOC2CCCC2)o1. The van der Waals surface area contributed by atoms with Crippen LogP contribution in [-0.2, 0) is 16.0 Å². The van der Waals surface area contributed by atoms with Crippen LogP contribution in [0, 0.1) is 6.92 Å². The number of amides is 1. The average Bonchev–Trinajstić information content (AvgIpc) is 2.96. The summed E-state index contributed by atoms with van der Waals surface area (Å²) in [6.07, 6.45) is 5.33. The number of ether oxygens (including phenoxy) is 1. The molecular formula is C12H19N3O3. The molecule has 6 heteroatoms. The zero-order chi connectivity index (χ0) is 12.8. The number of rotatable bonds is 6. The summed E-state index contributed by atoms with van der Waals surface area (Å²) >= 11 is 0. The molecule has 1 aliphatic rings. The molecule has 0 spiro atoms. The minimum absolute atomic E-state index is 0.117. The summed E-state index contributed by atoms with van der Waals surface area (Å²) in [5.41, 5.74) is 0. The zero-order valence-corrected chi connectivity index (χ0v) is 10.6. The van der Waals surface area contributed by atoms with E-state index in [9.17, 15) is 4.79 Å². The molecule has 0 radical (unpaired) electrons. The fourth-order valence-corrected chi connectivity index (χ4v) is 2.08. The number of hydrogen-bond acceptors (Lipinski definition) is 5. The molecule has 2 rings (SSSR count). The lowest BCUT2D eigenvalue weighted by molar-refractivity contribution is -0.121. The Balaban J connectivity index is 1.57. The van der Waals surface area contributed by atoms with Crippen LogP contribution in [0.4, 0.5) is 0 Å². The molecular weight excluding hydrogens is 234 g/mol. The van der Waals surface area contributed by atoms with Gasteiger partial charge in [-0.15, -0.1) is 10.2 Å². The van der Waals surface area contributed by atoms with E-state index in [1.807, 2.05) is 0 Å². The molecule has 0 aliphatic heterocycles. The molecule has 1 heterocycles. The number of carbonyl (C=O) groups is 1. The van der Waals surface area contributed by atoms with E-state index in [-0.39, 0.29) is 12.3 Å². The first-order valence-corrected chi connectivity index (χ1v) is 6.41. The highest BCUT2D eigenvalue weighted by Gasteiger charge is 2.15. The van der Waals surface area contributed by atoms with Crippen LogP contribution in [0.3, 0.4) is 0 Å². The summed E-state index contributed by atoms with van der Waals surface area (Å²) in [7, 11) is 0. The molecule has 0 aromatic carbocycles. The molecule has 1 saturated carbocycles. The Morgan fingerprint density at radius 2 is 2.22 bits per heavy atom. The van der Waals surface area contributed by atoms with Gasteiger partial charge in [0.25, 0.3) is 0 Å². The minimum Gasteiger partial charge on any atom is -0.425 e. The quantitative estimate of drug-likeness (QED) is 0.765. The molecule has 0 atom stereocenters. The summed E-state index contributed by atoms with van der Waals surface area (Å²) in [5, 5.41) is 10.2. The van der Waals surface area contributed by atoms with E-state index in [0.29, 0.717) is 31.0 Å². The highest BCUT2D eigenvalue weighted by molar-refractivity contribution is 5.77. The first kappa shape index (κ1) is 13.0. The number of aryl methyl sites for hydroxylation is 1. The minimum atomic E-state index is -0.117. The number of aromatic nitrogens is 2. The summed E-state index contributed by atoms with van der Waals surface area (Å²) in [6.45, 7) is 2.80. The van der Waals surface area contributed by atoms with E-state index in [1.54, 1.807) is 6.92 Å². The molecule has 1 amide bonds. The Morgan fingerprint density at radius 1 is 1.44 bits per heavy atom. The van der Waals surface area contributed by atoms with Crippen molar-refractivity contribution < 1.29 is 13.9 Å². The molecule has 100 valence electrons. The molecule has 18 heavy (non-hydrogen) atoms. The molecule has 0 saturated heterocycles. The van der Waals surface area contributed by atoms with Crippen LogP contribution in [0.25, 0.3) is 0 Å². The van der Waals surface area contributed by atoms with Gasteiger partial charge in [0.1, 0.15) is 6.42 Å².